The van der Waals surface area contributed by atoms with Gasteiger partial charge in [-0.3, -0.25) is 9.36 Å². The Hall–Kier alpha value is -3.66. The van der Waals surface area contributed by atoms with Crippen molar-refractivity contribution in [1.29, 1.82) is 0 Å². The second-order valence-corrected chi connectivity index (χ2v) is 7.11. The van der Waals surface area contributed by atoms with E-state index in [1.54, 1.807) is 35.1 Å². The van der Waals surface area contributed by atoms with E-state index < -0.39 is 12.5 Å². The van der Waals surface area contributed by atoms with E-state index in [0.29, 0.717) is 16.7 Å². The number of carbonyl (C=O) groups is 1. The number of aromatic nitrogens is 3. The van der Waals surface area contributed by atoms with Crippen LogP contribution in [-0.2, 0) is 4.79 Å². The van der Waals surface area contributed by atoms with Gasteiger partial charge in [0.1, 0.15) is 5.75 Å². The molecule has 7 nitrogen and oxygen atoms in total. The van der Waals surface area contributed by atoms with Crippen molar-refractivity contribution in [3.63, 3.8) is 0 Å². The molecule has 0 aliphatic heterocycles. The van der Waals surface area contributed by atoms with Crippen LogP contribution in [0.2, 0.25) is 0 Å². The summed E-state index contributed by atoms with van der Waals surface area (Å²) in [5, 5.41) is 11.5. The Morgan fingerprint density at radius 2 is 1.84 bits per heavy atom. The fraction of sp³-hybridized carbons (Fsp3) is 0.0952. The number of anilines is 1. The molecular formula is C21H16F2N4O3S. The number of hydrogen-bond acceptors (Lipinski definition) is 6. The Kier molecular flexibility index (Phi) is 6.27. The number of rotatable bonds is 8. The van der Waals surface area contributed by atoms with Gasteiger partial charge in [0.15, 0.2) is 10.9 Å². The quantitative estimate of drug-likeness (QED) is 0.393. The Morgan fingerprint density at radius 1 is 1.06 bits per heavy atom. The number of para-hydroxylation sites is 3. The van der Waals surface area contributed by atoms with Gasteiger partial charge in [-0.05, 0) is 36.4 Å². The van der Waals surface area contributed by atoms with Gasteiger partial charge < -0.3 is 14.5 Å². The van der Waals surface area contributed by atoms with Crippen molar-refractivity contribution in [2.45, 2.75) is 11.8 Å². The second kappa shape index (κ2) is 9.43. The number of ether oxygens (including phenoxy) is 1. The van der Waals surface area contributed by atoms with Crippen LogP contribution in [0.1, 0.15) is 0 Å². The van der Waals surface area contributed by atoms with Crippen LogP contribution in [-0.4, -0.2) is 33.0 Å². The van der Waals surface area contributed by atoms with E-state index in [2.05, 4.69) is 20.3 Å². The molecule has 1 N–H and O–H groups in total. The standard InChI is InChI=1S/C21H16F2N4O3S/c22-20(23)30-16-10-5-4-9-15(16)24-18(28)13-31-21-26-25-19(17-11-6-12-29-17)27(21)14-7-2-1-3-8-14/h1-12,20H,13H2,(H,24,28). The molecule has 4 rings (SSSR count). The van der Waals surface area contributed by atoms with Gasteiger partial charge in [0, 0.05) is 5.69 Å². The SMILES string of the molecule is O=C(CSc1nnc(-c2ccco2)n1-c1ccccc1)Nc1ccccc1OC(F)F. The Bertz CT molecular complexity index is 1150. The molecule has 158 valence electrons. The second-order valence-electron chi connectivity index (χ2n) is 6.17. The lowest BCUT2D eigenvalue weighted by Crippen LogP contribution is -2.16. The first-order valence-corrected chi connectivity index (χ1v) is 10.1. The lowest BCUT2D eigenvalue weighted by Gasteiger charge is -2.12. The first-order valence-electron chi connectivity index (χ1n) is 9.13. The summed E-state index contributed by atoms with van der Waals surface area (Å²) in [6.07, 6.45) is 1.54. The molecular weight excluding hydrogens is 426 g/mol. The third-order valence-electron chi connectivity index (χ3n) is 4.10. The molecule has 31 heavy (non-hydrogen) atoms. The number of nitrogens with zero attached hydrogens (tertiary/aromatic N) is 3. The van der Waals surface area contributed by atoms with Crippen molar-refractivity contribution in [1.82, 2.24) is 14.8 Å². The van der Waals surface area contributed by atoms with Crippen molar-refractivity contribution in [3.05, 3.63) is 73.0 Å². The van der Waals surface area contributed by atoms with Gasteiger partial charge in [0.2, 0.25) is 11.7 Å². The molecule has 0 radical (unpaired) electrons. The maximum absolute atomic E-state index is 12.6. The fourth-order valence-electron chi connectivity index (χ4n) is 2.82. The summed E-state index contributed by atoms with van der Waals surface area (Å²) in [5.41, 5.74) is 0.965. The Morgan fingerprint density at radius 3 is 2.58 bits per heavy atom. The van der Waals surface area contributed by atoms with E-state index >= 15 is 0 Å². The number of thioether (sulfide) groups is 1. The van der Waals surface area contributed by atoms with Crippen LogP contribution >= 0.6 is 11.8 Å². The average molecular weight is 442 g/mol. The minimum atomic E-state index is -2.99. The summed E-state index contributed by atoms with van der Waals surface area (Å²) < 4.78 is 36.8. The lowest BCUT2D eigenvalue weighted by molar-refractivity contribution is -0.113. The lowest BCUT2D eigenvalue weighted by atomic mass is 10.3. The van der Waals surface area contributed by atoms with Gasteiger partial charge in [0.25, 0.3) is 0 Å². The van der Waals surface area contributed by atoms with E-state index in [0.717, 1.165) is 17.4 Å². The van der Waals surface area contributed by atoms with Crippen molar-refractivity contribution in [3.8, 4) is 23.0 Å². The minimum Gasteiger partial charge on any atom is -0.461 e. The maximum Gasteiger partial charge on any atom is 0.387 e. The van der Waals surface area contributed by atoms with E-state index in [-0.39, 0.29) is 17.2 Å². The molecule has 0 saturated carbocycles. The molecule has 0 aliphatic rings. The molecule has 0 fully saturated rings. The molecule has 0 saturated heterocycles. The van der Waals surface area contributed by atoms with Gasteiger partial charge in [-0.2, -0.15) is 8.78 Å². The van der Waals surface area contributed by atoms with Gasteiger partial charge in [-0.25, -0.2) is 0 Å². The summed E-state index contributed by atoms with van der Waals surface area (Å²) in [7, 11) is 0. The van der Waals surface area contributed by atoms with Crippen molar-refractivity contribution in [2.75, 3.05) is 11.1 Å². The molecule has 1 amide bonds. The zero-order valence-electron chi connectivity index (χ0n) is 15.9. The number of amides is 1. The fourth-order valence-corrected chi connectivity index (χ4v) is 3.58. The normalized spacial score (nSPS) is 10.9. The predicted octanol–water partition coefficient (Wildman–Crippen LogP) is 4.86. The van der Waals surface area contributed by atoms with Crippen LogP contribution in [0.15, 0.2) is 82.6 Å². The third kappa shape index (κ3) is 4.92. The van der Waals surface area contributed by atoms with Crippen molar-refractivity contribution >= 4 is 23.4 Å². The monoisotopic (exact) mass is 442 g/mol. The number of carbonyl (C=O) groups excluding carboxylic acids is 1. The number of furan rings is 1. The van der Waals surface area contributed by atoms with Crippen molar-refractivity contribution in [2.24, 2.45) is 0 Å². The molecule has 0 unspecified atom stereocenters. The van der Waals surface area contributed by atoms with E-state index in [1.165, 1.54) is 12.1 Å². The van der Waals surface area contributed by atoms with Crippen LogP contribution < -0.4 is 10.1 Å². The molecule has 0 spiro atoms. The van der Waals surface area contributed by atoms with Crippen LogP contribution in [0.3, 0.4) is 0 Å². The number of halogens is 2. The largest absolute Gasteiger partial charge is 0.461 e. The molecule has 4 aromatic rings. The zero-order valence-corrected chi connectivity index (χ0v) is 16.8. The molecule has 0 bridgehead atoms. The number of nitrogens with one attached hydrogen (secondary N) is 1. The van der Waals surface area contributed by atoms with E-state index in [4.69, 9.17) is 4.42 Å². The first-order chi connectivity index (χ1) is 15.1. The van der Waals surface area contributed by atoms with Crippen LogP contribution in [0.5, 0.6) is 5.75 Å². The van der Waals surface area contributed by atoms with E-state index in [1.807, 2.05) is 30.3 Å². The average Bonchev–Trinajstić information content (AvgIpc) is 3.43. The number of hydrogen-bond donors (Lipinski definition) is 1. The van der Waals surface area contributed by atoms with Gasteiger partial charge in [-0.15, -0.1) is 10.2 Å². The van der Waals surface area contributed by atoms with Crippen LogP contribution in [0.25, 0.3) is 17.3 Å². The summed E-state index contributed by atoms with van der Waals surface area (Å²) in [6, 6.07) is 18.9. The topological polar surface area (TPSA) is 82.2 Å². The molecule has 10 heteroatoms. The summed E-state index contributed by atoms with van der Waals surface area (Å²) in [5.74, 6) is 0.493. The molecule has 0 atom stereocenters. The highest BCUT2D eigenvalue weighted by Gasteiger charge is 2.19. The summed E-state index contributed by atoms with van der Waals surface area (Å²) in [6.45, 7) is -2.99. The maximum atomic E-state index is 12.6. The van der Waals surface area contributed by atoms with Gasteiger partial charge in [0.05, 0.1) is 17.7 Å². The van der Waals surface area contributed by atoms with Gasteiger partial charge in [-0.1, -0.05) is 42.1 Å². The number of alkyl halides is 2. The molecule has 2 aromatic carbocycles. The Balaban J connectivity index is 1.52. The highest BCUT2D eigenvalue weighted by Crippen LogP contribution is 2.29. The minimum absolute atomic E-state index is 0.0217. The molecule has 2 heterocycles. The zero-order chi connectivity index (χ0) is 21.6. The van der Waals surface area contributed by atoms with E-state index in [9.17, 15) is 13.6 Å². The predicted molar refractivity (Wildman–Crippen MR) is 111 cm³/mol. The van der Waals surface area contributed by atoms with Crippen molar-refractivity contribution < 1.29 is 22.7 Å². The van der Waals surface area contributed by atoms with Crippen LogP contribution in [0, 0.1) is 0 Å². The Labute approximate surface area is 180 Å². The third-order valence-corrected chi connectivity index (χ3v) is 5.03. The molecule has 2 aromatic heterocycles. The first kappa shape index (κ1) is 20.6. The molecule has 0 aliphatic carbocycles. The smallest absolute Gasteiger partial charge is 0.387 e. The summed E-state index contributed by atoms with van der Waals surface area (Å²) in [4.78, 5) is 12.5. The van der Waals surface area contributed by atoms with Gasteiger partial charge >= 0.3 is 6.61 Å². The summed E-state index contributed by atoms with van der Waals surface area (Å²) >= 11 is 1.15. The highest BCUT2D eigenvalue weighted by molar-refractivity contribution is 7.99. The highest BCUT2D eigenvalue weighted by atomic mass is 32.2. The number of benzene rings is 2. The van der Waals surface area contributed by atoms with Crippen LogP contribution in [0.4, 0.5) is 14.5 Å².